The molecule has 0 saturated heterocycles. The summed E-state index contributed by atoms with van der Waals surface area (Å²) in [5, 5.41) is 9.69. The number of hydrogen-bond donors (Lipinski definition) is 1. The zero-order chi connectivity index (χ0) is 10.6. The van der Waals surface area contributed by atoms with Crippen molar-refractivity contribution in [2.24, 2.45) is 5.92 Å². The van der Waals surface area contributed by atoms with Gasteiger partial charge in [0.2, 0.25) is 0 Å². The molecule has 0 aliphatic carbocycles. The van der Waals surface area contributed by atoms with Gasteiger partial charge in [0, 0.05) is 0 Å². The van der Waals surface area contributed by atoms with Crippen LogP contribution in [0.2, 0.25) is 0 Å². The Morgan fingerprint density at radius 3 is 2.64 bits per heavy atom. The lowest BCUT2D eigenvalue weighted by molar-refractivity contribution is 0.468. The molecule has 0 aliphatic rings. The number of hydrogen-bond acceptors (Lipinski definition) is 1. The average Bonchev–Trinajstić information content (AvgIpc) is 2.09. The maximum Gasteiger partial charge on any atom is 0.119 e. The normalized spacial score (nSPS) is 10.5. The number of benzene rings is 1. The van der Waals surface area contributed by atoms with Gasteiger partial charge in [0.15, 0.2) is 0 Å². The predicted molar refractivity (Wildman–Crippen MR) is 60.5 cm³/mol. The van der Waals surface area contributed by atoms with Gasteiger partial charge in [-0.2, -0.15) is 0 Å². The molecule has 1 N–H and O–H groups in total. The van der Waals surface area contributed by atoms with E-state index in [2.05, 4.69) is 26.5 Å². The second-order valence-electron chi connectivity index (χ2n) is 4.05. The van der Waals surface area contributed by atoms with Gasteiger partial charge in [0.1, 0.15) is 5.75 Å². The van der Waals surface area contributed by atoms with E-state index in [4.69, 9.17) is 0 Å². The zero-order valence-electron chi connectivity index (χ0n) is 8.96. The Balaban J connectivity index is 2.83. The van der Waals surface area contributed by atoms with E-state index >= 15 is 0 Å². The summed E-state index contributed by atoms with van der Waals surface area (Å²) >= 11 is 0. The van der Waals surface area contributed by atoms with Crippen LogP contribution < -0.4 is 0 Å². The molecule has 1 aromatic rings. The van der Waals surface area contributed by atoms with Crippen molar-refractivity contribution in [3.8, 4) is 5.75 Å². The van der Waals surface area contributed by atoms with Gasteiger partial charge in [0.25, 0.3) is 0 Å². The molecule has 0 spiro atoms. The summed E-state index contributed by atoms with van der Waals surface area (Å²) in [6.07, 6.45) is 3.55. The maximum absolute atomic E-state index is 9.69. The van der Waals surface area contributed by atoms with Crippen molar-refractivity contribution in [2.75, 3.05) is 0 Å². The molecule has 1 rings (SSSR count). The van der Waals surface area contributed by atoms with Crippen LogP contribution in [0.15, 0.2) is 30.9 Å². The molecule has 14 heavy (non-hydrogen) atoms. The Hall–Kier alpha value is -1.24. The summed E-state index contributed by atoms with van der Waals surface area (Å²) in [5.41, 5.74) is 2.15. The summed E-state index contributed by atoms with van der Waals surface area (Å²) < 4.78 is 0. The van der Waals surface area contributed by atoms with E-state index in [0.717, 1.165) is 18.4 Å². The van der Waals surface area contributed by atoms with Crippen LogP contribution in [0.25, 0.3) is 0 Å². The van der Waals surface area contributed by atoms with Crippen molar-refractivity contribution >= 4 is 0 Å². The molecule has 0 unspecified atom stereocenters. The third-order valence-corrected chi connectivity index (χ3v) is 2.16. The minimum Gasteiger partial charge on any atom is -0.508 e. The van der Waals surface area contributed by atoms with Gasteiger partial charge in [-0.05, 0) is 36.0 Å². The first-order valence-electron chi connectivity index (χ1n) is 5.05. The second-order valence-corrected chi connectivity index (χ2v) is 4.05. The fourth-order valence-electron chi connectivity index (χ4n) is 1.54. The molecule has 0 aromatic heterocycles. The summed E-state index contributed by atoms with van der Waals surface area (Å²) in [7, 11) is 0. The maximum atomic E-state index is 9.69. The number of phenols is 1. The highest BCUT2D eigenvalue weighted by Gasteiger charge is 2.02. The fraction of sp³-hybridized carbons (Fsp3) is 0.385. The Morgan fingerprint density at radius 1 is 1.43 bits per heavy atom. The number of aromatic hydroxyl groups is 1. The Labute approximate surface area is 86.1 Å². The van der Waals surface area contributed by atoms with Gasteiger partial charge in [-0.3, -0.25) is 0 Å². The SMILES string of the molecule is C=CCc1ccc(CC(C)C)cc1O. The predicted octanol–water partition coefficient (Wildman–Crippen LogP) is 3.32. The highest BCUT2D eigenvalue weighted by atomic mass is 16.3. The number of rotatable bonds is 4. The van der Waals surface area contributed by atoms with Crippen LogP contribution in [-0.2, 0) is 12.8 Å². The second kappa shape index (κ2) is 4.85. The van der Waals surface area contributed by atoms with Gasteiger partial charge in [-0.25, -0.2) is 0 Å². The van der Waals surface area contributed by atoms with Crippen molar-refractivity contribution in [3.05, 3.63) is 42.0 Å². The standard InChI is InChI=1S/C13H18O/c1-4-5-12-7-6-11(8-10(2)3)9-13(12)14/h4,6-7,9-10,14H,1,5,8H2,2-3H3. The van der Waals surface area contributed by atoms with Crippen LogP contribution in [0, 0.1) is 5.92 Å². The molecule has 76 valence electrons. The molecule has 0 aliphatic heterocycles. The van der Waals surface area contributed by atoms with E-state index in [1.165, 1.54) is 5.56 Å². The molecule has 0 atom stereocenters. The van der Waals surface area contributed by atoms with Crippen LogP contribution >= 0.6 is 0 Å². The molecule has 0 bridgehead atoms. The van der Waals surface area contributed by atoms with E-state index < -0.39 is 0 Å². The fourth-order valence-corrected chi connectivity index (χ4v) is 1.54. The van der Waals surface area contributed by atoms with Crippen molar-refractivity contribution in [3.63, 3.8) is 0 Å². The number of phenolic OH excluding ortho intramolecular Hbond substituents is 1. The zero-order valence-corrected chi connectivity index (χ0v) is 8.96. The van der Waals surface area contributed by atoms with Crippen molar-refractivity contribution in [2.45, 2.75) is 26.7 Å². The van der Waals surface area contributed by atoms with E-state index in [1.54, 1.807) is 6.08 Å². The Kier molecular flexibility index (Phi) is 3.75. The van der Waals surface area contributed by atoms with Gasteiger partial charge < -0.3 is 5.11 Å². The van der Waals surface area contributed by atoms with Crippen molar-refractivity contribution in [1.29, 1.82) is 0 Å². The molecule has 1 aromatic carbocycles. The van der Waals surface area contributed by atoms with E-state index in [1.807, 2.05) is 12.1 Å². The minimum atomic E-state index is 0.392. The lowest BCUT2D eigenvalue weighted by atomic mass is 10.0. The van der Waals surface area contributed by atoms with E-state index in [9.17, 15) is 5.11 Å². The molecule has 1 nitrogen and oxygen atoms in total. The Morgan fingerprint density at radius 2 is 2.14 bits per heavy atom. The third-order valence-electron chi connectivity index (χ3n) is 2.16. The number of allylic oxidation sites excluding steroid dienone is 1. The summed E-state index contributed by atoms with van der Waals surface area (Å²) in [5.74, 6) is 1.02. The first-order chi connectivity index (χ1) is 6.63. The molecule has 0 amide bonds. The summed E-state index contributed by atoms with van der Waals surface area (Å²) in [6.45, 7) is 8.01. The van der Waals surface area contributed by atoms with Crippen molar-refractivity contribution < 1.29 is 5.11 Å². The first kappa shape index (κ1) is 10.8. The van der Waals surface area contributed by atoms with E-state index in [0.29, 0.717) is 11.7 Å². The molecule has 0 saturated carbocycles. The molecule has 0 fully saturated rings. The van der Waals surface area contributed by atoms with Crippen LogP contribution in [-0.4, -0.2) is 5.11 Å². The Bertz CT molecular complexity index is 313. The molecule has 0 radical (unpaired) electrons. The van der Waals surface area contributed by atoms with Crippen LogP contribution in [0.5, 0.6) is 5.75 Å². The quantitative estimate of drug-likeness (QED) is 0.722. The molecular formula is C13H18O. The van der Waals surface area contributed by atoms with Crippen molar-refractivity contribution in [1.82, 2.24) is 0 Å². The first-order valence-corrected chi connectivity index (χ1v) is 5.05. The third kappa shape index (κ3) is 2.91. The summed E-state index contributed by atoms with van der Waals surface area (Å²) in [4.78, 5) is 0. The minimum absolute atomic E-state index is 0.392. The highest BCUT2D eigenvalue weighted by Crippen LogP contribution is 2.21. The molecular weight excluding hydrogens is 172 g/mol. The van der Waals surface area contributed by atoms with E-state index in [-0.39, 0.29) is 0 Å². The smallest absolute Gasteiger partial charge is 0.119 e. The average molecular weight is 190 g/mol. The molecule has 0 heterocycles. The highest BCUT2D eigenvalue weighted by molar-refractivity contribution is 5.37. The topological polar surface area (TPSA) is 20.2 Å². The largest absolute Gasteiger partial charge is 0.508 e. The van der Waals surface area contributed by atoms with Gasteiger partial charge in [0.05, 0.1) is 0 Å². The van der Waals surface area contributed by atoms with Crippen LogP contribution in [0.4, 0.5) is 0 Å². The summed E-state index contributed by atoms with van der Waals surface area (Å²) in [6, 6.07) is 5.92. The van der Waals surface area contributed by atoms with Crippen LogP contribution in [0.3, 0.4) is 0 Å². The lowest BCUT2D eigenvalue weighted by Crippen LogP contribution is -1.94. The molecule has 1 heteroatoms. The van der Waals surface area contributed by atoms with Gasteiger partial charge in [-0.1, -0.05) is 32.1 Å². The van der Waals surface area contributed by atoms with Gasteiger partial charge in [-0.15, -0.1) is 6.58 Å². The van der Waals surface area contributed by atoms with Gasteiger partial charge >= 0.3 is 0 Å². The van der Waals surface area contributed by atoms with Crippen LogP contribution in [0.1, 0.15) is 25.0 Å². The lowest BCUT2D eigenvalue weighted by Gasteiger charge is -2.07. The monoisotopic (exact) mass is 190 g/mol.